The third-order valence-electron chi connectivity index (χ3n) is 2.91. The number of rotatable bonds is 4. The Morgan fingerprint density at radius 1 is 1.45 bits per heavy atom. The zero-order chi connectivity index (χ0) is 14.7. The fourth-order valence-corrected chi connectivity index (χ4v) is 2.74. The van der Waals surface area contributed by atoms with Crippen LogP contribution in [0.25, 0.3) is 0 Å². The van der Waals surface area contributed by atoms with E-state index in [1.165, 1.54) is 11.3 Å². The maximum absolute atomic E-state index is 13.8. The quantitative estimate of drug-likeness (QED) is 0.849. The first kappa shape index (κ1) is 14.5. The first-order valence-electron chi connectivity index (χ1n) is 6.11. The zero-order valence-electron chi connectivity index (χ0n) is 10.8. The van der Waals surface area contributed by atoms with Gasteiger partial charge in [-0.05, 0) is 30.0 Å². The Bertz CT molecular complexity index is 614. The molecule has 1 amide bonds. The van der Waals surface area contributed by atoms with Crippen LogP contribution in [0.4, 0.5) is 14.5 Å². The summed E-state index contributed by atoms with van der Waals surface area (Å²) >= 11 is 1.50. The zero-order valence-corrected chi connectivity index (χ0v) is 11.6. The van der Waals surface area contributed by atoms with Gasteiger partial charge in [0.2, 0.25) is 0 Å². The molecule has 0 spiro atoms. The van der Waals surface area contributed by atoms with E-state index in [2.05, 4.69) is 5.32 Å². The molecule has 1 unspecified atom stereocenters. The van der Waals surface area contributed by atoms with Gasteiger partial charge in [-0.3, -0.25) is 4.79 Å². The highest BCUT2D eigenvalue weighted by atomic mass is 32.1. The molecule has 0 aliphatic heterocycles. The number of halogens is 2. The minimum atomic E-state index is -0.898. The molecule has 0 bridgehead atoms. The molecule has 2 rings (SSSR count). The summed E-state index contributed by atoms with van der Waals surface area (Å²) in [6.45, 7) is 1.90. The molecule has 0 radical (unpaired) electrons. The molecule has 1 atom stereocenters. The number of hydrogen-bond donors (Lipinski definition) is 2. The molecule has 1 heterocycles. The number of carbonyl (C=O) groups excluding carboxylic acids is 1. The van der Waals surface area contributed by atoms with Crippen LogP contribution in [-0.2, 0) is 0 Å². The number of nitrogens with one attached hydrogen (secondary N) is 1. The lowest BCUT2D eigenvalue weighted by atomic mass is 10.1. The van der Waals surface area contributed by atoms with Crippen LogP contribution in [-0.4, -0.2) is 5.91 Å². The number of nitrogens with two attached hydrogens (primary N) is 1. The van der Waals surface area contributed by atoms with Crippen molar-refractivity contribution in [3.63, 3.8) is 0 Å². The maximum Gasteiger partial charge on any atom is 0.254 e. The molecule has 20 heavy (non-hydrogen) atoms. The van der Waals surface area contributed by atoms with Crippen molar-refractivity contribution in [2.24, 2.45) is 0 Å². The largest absolute Gasteiger partial charge is 0.396 e. The topological polar surface area (TPSA) is 55.1 Å². The highest BCUT2D eigenvalue weighted by Gasteiger charge is 2.20. The third kappa shape index (κ3) is 2.96. The summed E-state index contributed by atoms with van der Waals surface area (Å²) in [5, 5.41) is 4.58. The minimum Gasteiger partial charge on any atom is -0.396 e. The SMILES string of the molecule is CCC(NC(=O)c1cc(F)cc(N)c1F)c1cccs1. The van der Waals surface area contributed by atoms with Crippen LogP contribution < -0.4 is 11.1 Å². The van der Waals surface area contributed by atoms with Crippen LogP contribution in [0, 0.1) is 11.6 Å². The van der Waals surface area contributed by atoms with E-state index >= 15 is 0 Å². The summed E-state index contributed by atoms with van der Waals surface area (Å²) in [5.41, 5.74) is 4.57. The van der Waals surface area contributed by atoms with Gasteiger partial charge >= 0.3 is 0 Å². The lowest BCUT2D eigenvalue weighted by Crippen LogP contribution is -2.28. The van der Waals surface area contributed by atoms with Crippen LogP contribution in [0.5, 0.6) is 0 Å². The van der Waals surface area contributed by atoms with Crippen LogP contribution in [0.2, 0.25) is 0 Å². The van der Waals surface area contributed by atoms with Gasteiger partial charge in [-0.25, -0.2) is 8.78 Å². The average molecular weight is 296 g/mol. The second-order valence-electron chi connectivity index (χ2n) is 4.31. The van der Waals surface area contributed by atoms with Gasteiger partial charge in [0.05, 0.1) is 17.3 Å². The van der Waals surface area contributed by atoms with Crippen molar-refractivity contribution < 1.29 is 13.6 Å². The first-order valence-corrected chi connectivity index (χ1v) is 6.99. The van der Waals surface area contributed by atoms with Crippen molar-refractivity contribution in [2.75, 3.05) is 5.73 Å². The van der Waals surface area contributed by atoms with Crippen LogP contribution in [0.1, 0.15) is 34.6 Å². The molecule has 0 saturated carbocycles. The summed E-state index contributed by atoms with van der Waals surface area (Å²) in [5.74, 6) is -2.31. The number of amides is 1. The smallest absolute Gasteiger partial charge is 0.254 e. The van der Waals surface area contributed by atoms with E-state index < -0.39 is 17.5 Å². The van der Waals surface area contributed by atoms with E-state index in [1.54, 1.807) is 0 Å². The molecule has 3 nitrogen and oxygen atoms in total. The molecule has 2 aromatic rings. The predicted octanol–water partition coefficient (Wildman–Crippen LogP) is 3.49. The maximum atomic E-state index is 13.8. The van der Waals surface area contributed by atoms with E-state index in [-0.39, 0.29) is 17.3 Å². The van der Waals surface area contributed by atoms with E-state index in [0.29, 0.717) is 6.42 Å². The minimum absolute atomic E-state index is 0.230. The number of anilines is 1. The second-order valence-corrected chi connectivity index (χ2v) is 5.29. The molecule has 3 N–H and O–H groups in total. The average Bonchev–Trinajstić information content (AvgIpc) is 2.93. The molecule has 0 fully saturated rings. The lowest BCUT2D eigenvalue weighted by molar-refractivity contribution is 0.0932. The standard InChI is InChI=1S/C14H14F2N2OS/c1-2-11(12-4-3-5-20-12)18-14(19)9-6-8(15)7-10(17)13(9)16/h3-7,11H,2,17H2,1H3,(H,18,19). The molecular formula is C14H14F2N2OS. The Morgan fingerprint density at radius 3 is 2.80 bits per heavy atom. The number of hydrogen-bond acceptors (Lipinski definition) is 3. The monoisotopic (exact) mass is 296 g/mol. The Hall–Kier alpha value is -1.95. The van der Waals surface area contributed by atoms with Crippen LogP contribution >= 0.6 is 11.3 Å². The van der Waals surface area contributed by atoms with Gasteiger partial charge in [-0.2, -0.15) is 0 Å². The van der Waals surface area contributed by atoms with Gasteiger partial charge < -0.3 is 11.1 Å². The van der Waals surface area contributed by atoms with E-state index in [1.807, 2.05) is 24.4 Å². The van der Waals surface area contributed by atoms with Crippen molar-refractivity contribution in [2.45, 2.75) is 19.4 Å². The van der Waals surface area contributed by atoms with Gasteiger partial charge in [0, 0.05) is 4.88 Å². The number of thiophene rings is 1. The molecule has 0 aliphatic rings. The van der Waals surface area contributed by atoms with Crippen molar-refractivity contribution in [3.8, 4) is 0 Å². The molecule has 0 aliphatic carbocycles. The summed E-state index contributed by atoms with van der Waals surface area (Å²) in [7, 11) is 0. The highest BCUT2D eigenvalue weighted by molar-refractivity contribution is 7.10. The fourth-order valence-electron chi connectivity index (χ4n) is 1.88. The summed E-state index contributed by atoms with van der Waals surface area (Å²) in [6, 6.07) is 5.22. The van der Waals surface area contributed by atoms with Crippen molar-refractivity contribution >= 4 is 22.9 Å². The Labute approximate surface area is 119 Å². The molecule has 1 aromatic heterocycles. The summed E-state index contributed by atoms with van der Waals surface area (Å²) in [6.07, 6.45) is 0.651. The van der Waals surface area contributed by atoms with Crippen molar-refractivity contribution in [1.82, 2.24) is 5.32 Å². The third-order valence-corrected chi connectivity index (χ3v) is 3.90. The van der Waals surface area contributed by atoms with Crippen molar-refractivity contribution in [1.29, 1.82) is 0 Å². The summed E-state index contributed by atoms with van der Waals surface area (Å²) < 4.78 is 27.0. The Kier molecular flexibility index (Phi) is 4.34. The van der Waals surface area contributed by atoms with Gasteiger partial charge in [0.25, 0.3) is 5.91 Å². The number of benzene rings is 1. The Morgan fingerprint density at radius 2 is 2.20 bits per heavy atom. The van der Waals surface area contributed by atoms with Crippen LogP contribution in [0.3, 0.4) is 0 Å². The number of nitrogen functional groups attached to an aromatic ring is 1. The normalized spacial score (nSPS) is 12.2. The van der Waals surface area contributed by atoms with Crippen molar-refractivity contribution in [3.05, 3.63) is 51.7 Å². The molecule has 0 saturated heterocycles. The molecule has 1 aromatic carbocycles. The lowest BCUT2D eigenvalue weighted by Gasteiger charge is -2.16. The fraction of sp³-hybridized carbons (Fsp3) is 0.214. The Balaban J connectivity index is 2.24. The van der Waals surface area contributed by atoms with E-state index in [0.717, 1.165) is 17.0 Å². The van der Waals surface area contributed by atoms with E-state index in [9.17, 15) is 13.6 Å². The highest BCUT2D eigenvalue weighted by Crippen LogP contribution is 2.23. The first-order chi connectivity index (χ1) is 9.52. The molecule has 106 valence electrons. The number of carbonyl (C=O) groups is 1. The second kappa shape index (κ2) is 6.00. The predicted molar refractivity (Wildman–Crippen MR) is 75.6 cm³/mol. The van der Waals surface area contributed by atoms with Gasteiger partial charge in [-0.15, -0.1) is 11.3 Å². The molecular weight excluding hydrogens is 282 g/mol. The van der Waals surface area contributed by atoms with Gasteiger partial charge in [0.1, 0.15) is 5.82 Å². The van der Waals surface area contributed by atoms with Gasteiger partial charge in [-0.1, -0.05) is 13.0 Å². The van der Waals surface area contributed by atoms with E-state index in [4.69, 9.17) is 5.73 Å². The summed E-state index contributed by atoms with van der Waals surface area (Å²) in [4.78, 5) is 13.0. The van der Waals surface area contributed by atoms with Crippen LogP contribution in [0.15, 0.2) is 29.6 Å². The van der Waals surface area contributed by atoms with Gasteiger partial charge in [0.15, 0.2) is 5.82 Å². The molecule has 6 heteroatoms.